The van der Waals surface area contributed by atoms with Crippen LogP contribution in [0.5, 0.6) is 17.2 Å². The van der Waals surface area contributed by atoms with Crippen LogP contribution in [-0.4, -0.2) is 36.9 Å². The average Bonchev–Trinajstić information content (AvgIpc) is 2.73. The standard InChI is InChI=1S/C20H16ClN3O4/c1-26-14-7-6-12-8-13(19(21)23-15(12)9-14)10-22-24-20(25)18-11-27-16-4-2-3-5-17(16)28-18/h2-10,18H,11H2,1H3,(H,24,25)/b22-10-/t18-/m0/s1. The van der Waals surface area contributed by atoms with Crippen LogP contribution in [0.15, 0.2) is 53.6 Å². The van der Waals surface area contributed by atoms with Gasteiger partial charge in [-0.15, -0.1) is 0 Å². The summed E-state index contributed by atoms with van der Waals surface area (Å²) in [5.41, 5.74) is 3.72. The maximum absolute atomic E-state index is 12.3. The summed E-state index contributed by atoms with van der Waals surface area (Å²) in [6.45, 7) is 0.110. The van der Waals surface area contributed by atoms with E-state index >= 15 is 0 Å². The van der Waals surface area contributed by atoms with Crippen molar-refractivity contribution >= 4 is 34.6 Å². The number of nitrogens with one attached hydrogen (secondary N) is 1. The SMILES string of the molecule is COc1ccc2cc(/C=N\NC(=O)[C@@H]3COc4ccccc4O3)c(Cl)nc2c1. The van der Waals surface area contributed by atoms with Gasteiger partial charge in [0, 0.05) is 17.0 Å². The third kappa shape index (κ3) is 3.70. The Morgan fingerprint density at radius 2 is 2.11 bits per heavy atom. The van der Waals surface area contributed by atoms with Crippen LogP contribution in [0.4, 0.5) is 0 Å². The highest BCUT2D eigenvalue weighted by atomic mass is 35.5. The van der Waals surface area contributed by atoms with E-state index in [1.807, 2.05) is 30.3 Å². The predicted octanol–water partition coefficient (Wildman–Crippen LogP) is 3.19. The van der Waals surface area contributed by atoms with Gasteiger partial charge in [-0.1, -0.05) is 23.7 Å². The number of hydrogen-bond donors (Lipinski definition) is 1. The molecule has 4 rings (SSSR count). The Hall–Kier alpha value is -3.32. The fraction of sp³-hybridized carbons (Fsp3) is 0.150. The highest BCUT2D eigenvalue weighted by Gasteiger charge is 2.27. The van der Waals surface area contributed by atoms with Crippen molar-refractivity contribution in [2.24, 2.45) is 5.10 Å². The fourth-order valence-corrected chi connectivity index (χ4v) is 2.94. The lowest BCUT2D eigenvalue weighted by Gasteiger charge is -2.24. The van der Waals surface area contributed by atoms with Crippen LogP contribution in [0.25, 0.3) is 10.9 Å². The first-order valence-electron chi connectivity index (χ1n) is 8.50. The number of ether oxygens (including phenoxy) is 3. The lowest BCUT2D eigenvalue weighted by Crippen LogP contribution is -2.42. The first kappa shape index (κ1) is 18.1. The van der Waals surface area contributed by atoms with Crippen LogP contribution in [0, 0.1) is 0 Å². The molecule has 0 saturated carbocycles. The van der Waals surface area contributed by atoms with Crippen molar-refractivity contribution in [3.05, 3.63) is 59.2 Å². The maximum Gasteiger partial charge on any atom is 0.284 e. The third-order valence-corrected chi connectivity index (χ3v) is 4.49. The van der Waals surface area contributed by atoms with E-state index in [2.05, 4.69) is 15.5 Å². The Morgan fingerprint density at radius 1 is 1.29 bits per heavy atom. The topological polar surface area (TPSA) is 82.0 Å². The molecule has 1 N–H and O–H groups in total. The Kier molecular flexibility index (Phi) is 4.99. The average molecular weight is 398 g/mol. The van der Waals surface area contributed by atoms with E-state index in [1.165, 1.54) is 6.21 Å². The number of carbonyl (C=O) groups excluding carboxylic acids is 1. The van der Waals surface area contributed by atoms with Crippen LogP contribution >= 0.6 is 11.6 Å². The molecule has 142 valence electrons. The zero-order chi connectivity index (χ0) is 19.5. The molecule has 1 atom stereocenters. The number of amides is 1. The van der Waals surface area contributed by atoms with Crippen LogP contribution in [0.1, 0.15) is 5.56 Å². The number of pyridine rings is 1. The molecule has 0 aliphatic carbocycles. The van der Waals surface area contributed by atoms with Crippen molar-refractivity contribution in [1.29, 1.82) is 0 Å². The fourth-order valence-electron chi connectivity index (χ4n) is 2.74. The normalized spacial score (nSPS) is 15.6. The number of aromatic nitrogens is 1. The van der Waals surface area contributed by atoms with Gasteiger partial charge in [0.2, 0.25) is 6.10 Å². The summed E-state index contributed by atoms with van der Waals surface area (Å²) in [7, 11) is 1.59. The molecule has 1 aliphatic heterocycles. The number of hydrazone groups is 1. The number of carbonyl (C=O) groups is 1. The van der Waals surface area contributed by atoms with Crippen LogP contribution in [-0.2, 0) is 4.79 Å². The number of benzene rings is 2. The molecular weight excluding hydrogens is 382 g/mol. The first-order chi connectivity index (χ1) is 13.6. The van der Waals surface area contributed by atoms with E-state index < -0.39 is 12.0 Å². The summed E-state index contributed by atoms with van der Waals surface area (Å²) in [5, 5.41) is 5.11. The molecule has 28 heavy (non-hydrogen) atoms. The summed E-state index contributed by atoms with van der Waals surface area (Å²) in [6.07, 6.45) is 0.652. The van der Waals surface area contributed by atoms with Gasteiger partial charge in [-0.25, -0.2) is 10.4 Å². The molecule has 1 aliphatic rings. The van der Waals surface area contributed by atoms with Gasteiger partial charge in [-0.2, -0.15) is 5.10 Å². The Bertz CT molecular complexity index is 1070. The monoisotopic (exact) mass is 397 g/mol. The van der Waals surface area contributed by atoms with Crippen LogP contribution < -0.4 is 19.6 Å². The highest BCUT2D eigenvalue weighted by molar-refractivity contribution is 6.32. The lowest BCUT2D eigenvalue weighted by atomic mass is 10.1. The van der Waals surface area contributed by atoms with Gasteiger partial charge in [0.1, 0.15) is 17.5 Å². The van der Waals surface area contributed by atoms with Gasteiger partial charge in [0.15, 0.2) is 11.5 Å². The summed E-state index contributed by atoms with van der Waals surface area (Å²) >= 11 is 6.22. The smallest absolute Gasteiger partial charge is 0.284 e. The van der Waals surface area contributed by atoms with Crippen molar-refractivity contribution in [3.8, 4) is 17.2 Å². The molecular formula is C20H16ClN3O4. The second-order valence-corrected chi connectivity index (χ2v) is 6.38. The number of rotatable bonds is 4. The first-order valence-corrected chi connectivity index (χ1v) is 8.87. The molecule has 8 heteroatoms. The van der Waals surface area contributed by atoms with Crippen molar-refractivity contribution < 1.29 is 19.0 Å². The Labute approximate surface area is 165 Å². The molecule has 0 radical (unpaired) electrons. The van der Waals surface area contributed by atoms with E-state index in [0.717, 1.165) is 5.39 Å². The van der Waals surface area contributed by atoms with Crippen molar-refractivity contribution in [2.75, 3.05) is 13.7 Å². The number of para-hydroxylation sites is 2. The minimum Gasteiger partial charge on any atom is -0.497 e. The number of fused-ring (bicyclic) bond motifs is 2. The minimum atomic E-state index is -0.787. The molecule has 0 unspecified atom stereocenters. The van der Waals surface area contributed by atoms with Crippen LogP contribution in [0.2, 0.25) is 5.15 Å². The lowest BCUT2D eigenvalue weighted by molar-refractivity contribution is -0.130. The second kappa shape index (κ2) is 7.74. The quantitative estimate of drug-likeness (QED) is 0.415. The molecule has 0 fully saturated rings. The van der Waals surface area contributed by atoms with Crippen molar-refractivity contribution in [3.63, 3.8) is 0 Å². The van der Waals surface area contributed by atoms with Gasteiger partial charge in [0.05, 0.1) is 18.8 Å². The van der Waals surface area contributed by atoms with Gasteiger partial charge < -0.3 is 14.2 Å². The van der Waals surface area contributed by atoms with Gasteiger partial charge in [-0.3, -0.25) is 4.79 Å². The molecule has 1 amide bonds. The van der Waals surface area contributed by atoms with Gasteiger partial charge >= 0.3 is 0 Å². The zero-order valence-corrected chi connectivity index (χ0v) is 15.6. The van der Waals surface area contributed by atoms with Crippen molar-refractivity contribution in [1.82, 2.24) is 10.4 Å². The Morgan fingerprint density at radius 3 is 2.93 bits per heavy atom. The molecule has 2 aromatic carbocycles. The molecule has 2 heterocycles. The summed E-state index contributed by atoms with van der Waals surface area (Å²) in [4.78, 5) is 16.6. The molecule has 1 aromatic heterocycles. The van der Waals surface area contributed by atoms with Crippen LogP contribution in [0.3, 0.4) is 0 Å². The maximum atomic E-state index is 12.3. The van der Waals surface area contributed by atoms with E-state index in [4.69, 9.17) is 25.8 Å². The summed E-state index contributed by atoms with van der Waals surface area (Å²) < 4.78 is 16.4. The summed E-state index contributed by atoms with van der Waals surface area (Å²) in [6, 6.07) is 14.5. The van der Waals surface area contributed by atoms with E-state index in [0.29, 0.717) is 28.3 Å². The molecule has 3 aromatic rings. The summed E-state index contributed by atoms with van der Waals surface area (Å²) in [5.74, 6) is 1.41. The van der Waals surface area contributed by atoms with E-state index in [-0.39, 0.29) is 11.8 Å². The number of methoxy groups -OCH3 is 1. The highest BCUT2D eigenvalue weighted by Crippen LogP contribution is 2.30. The number of nitrogens with zero attached hydrogens (tertiary/aromatic N) is 2. The molecule has 0 saturated heterocycles. The molecule has 0 bridgehead atoms. The third-order valence-electron chi connectivity index (χ3n) is 4.18. The van der Waals surface area contributed by atoms with E-state index in [9.17, 15) is 4.79 Å². The van der Waals surface area contributed by atoms with Gasteiger partial charge in [0.25, 0.3) is 5.91 Å². The Balaban J connectivity index is 1.44. The van der Waals surface area contributed by atoms with Crippen molar-refractivity contribution in [2.45, 2.75) is 6.10 Å². The molecule has 0 spiro atoms. The molecule has 7 nitrogen and oxygen atoms in total. The second-order valence-electron chi connectivity index (χ2n) is 6.03. The number of halogens is 1. The predicted molar refractivity (Wildman–Crippen MR) is 105 cm³/mol. The largest absolute Gasteiger partial charge is 0.497 e. The van der Waals surface area contributed by atoms with Gasteiger partial charge in [-0.05, 0) is 30.3 Å². The zero-order valence-electron chi connectivity index (χ0n) is 14.9. The minimum absolute atomic E-state index is 0.110. The van der Waals surface area contributed by atoms with E-state index in [1.54, 1.807) is 25.3 Å². The number of hydrogen-bond acceptors (Lipinski definition) is 6.